The van der Waals surface area contributed by atoms with Gasteiger partial charge >= 0.3 is 5.69 Å². The van der Waals surface area contributed by atoms with Crippen LogP contribution in [0.2, 0.25) is 0 Å². The zero-order chi connectivity index (χ0) is 11.9. The fourth-order valence-electron chi connectivity index (χ4n) is 1.74. The van der Waals surface area contributed by atoms with Crippen molar-refractivity contribution in [1.29, 1.82) is 0 Å². The Kier molecular flexibility index (Phi) is 2.49. The molecule has 0 atom stereocenters. The lowest BCUT2D eigenvalue weighted by Gasteiger charge is -2.09. The fourth-order valence-corrected chi connectivity index (χ4v) is 1.74. The summed E-state index contributed by atoms with van der Waals surface area (Å²) in [6, 6.07) is 0. The Bertz CT molecular complexity index is 651. The van der Waals surface area contributed by atoms with Crippen LogP contribution in [-0.4, -0.2) is 15.8 Å². The molecule has 2 rings (SSSR count). The van der Waals surface area contributed by atoms with Gasteiger partial charge in [0.2, 0.25) is 0 Å². The first-order chi connectivity index (χ1) is 7.52. The minimum absolute atomic E-state index is 0.242. The SMILES string of the molecule is CC(C)Cn1c2c(c(=O)n(C)c1=O)=NCN=2. The summed E-state index contributed by atoms with van der Waals surface area (Å²) < 4.78 is 2.61. The van der Waals surface area contributed by atoms with Gasteiger partial charge in [0.1, 0.15) is 6.67 Å². The molecule has 0 saturated heterocycles. The summed E-state index contributed by atoms with van der Waals surface area (Å²) in [4.78, 5) is 31.7. The molecule has 6 nitrogen and oxygen atoms in total. The van der Waals surface area contributed by atoms with E-state index in [2.05, 4.69) is 9.98 Å². The van der Waals surface area contributed by atoms with Gasteiger partial charge in [-0.1, -0.05) is 13.8 Å². The molecule has 0 bridgehead atoms. The number of hydrogen-bond acceptors (Lipinski definition) is 4. The monoisotopic (exact) mass is 222 g/mol. The molecule has 0 aromatic carbocycles. The molecule has 0 spiro atoms. The Labute approximate surface area is 91.6 Å². The van der Waals surface area contributed by atoms with E-state index in [1.165, 1.54) is 11.6 Å². The number of aromatic nitrogens is 2. The van der Waals surface area contributed by atoms with Crippen molar-refractivity contribution in [1.82, 2.24) is 9.13 Å². The van der Waals surface area contributed by atoms with Gasteiger partial charge < -0.3 is 0 Å². The zero-order valence-corrected chi connectivity index (χ0v) is 9.60. The maximum Gasteiger partial charge on any atom is 0.332 e. The third-order valence-corrected chi connectivity index (χ3v) is 2.49. The molecule has 0 unspecified atom stereocenters. The lowest BCUT2D eigenvalue weighted by atomic mass is 10.2. The number of rotatable bonds is 2. The largest absolute Gasteiger partial charge is 0.332 e. The van der Waals surface area contributed by atoms with E-state index in [1.54, 1.807) is 0 Å². The van der Waals surface area contributed by atoms with Crippen LogP contribution in [0.5, 0.6) is 0 Å². The van der Waals surface area contributed by atoms with E-state index in [4.69, 9.17) is 0 Å². The van der Waals surface area contributed by atoms with E-state index in [1.807, 2.05) is 13.8 Å². The Balaban J connectivity index is 2.88. The van der Waals surface area contributed by atoms with E-state index in [0.29, 0.717) is 23.3 Å². The average molecular weight is 222 g/mol. The van der Waals surface area contributed by atoms with Gasteiger partial charge in [-0.15, -0.1) is 0 Å². The van der Waals surface area contributed by atoms with Gasteiger partial charge in [0.05, 0.1) is 0 Å². The minimum atomic E-state index is -0.360. The van der Waals surface area contributed by atoms with Crippen molar-refractivity contribution in [3.05, 3.63) is 31.7 Å². The van der Waals surface area contributed by atoms with Crippen LogP contribution < -0.4 is 22.1 Å². The van der Waals surface area contributed by atoms with Crippen molar-refractivity contribution in [3.63, 3.8) is 0 Å². The molecule has 0 saturated carbocycles. The van der Waals surface area contributed by atoms with E-state index in [-0.39, 0.29) is 17.9 Å². The Morgan fingerprint density at radius 2 is 2.00 bits per heavy atom. The van der Waals surface area contributed by atoms with Crippen LogP contribution in [0.3, 0.4) is 0 Å². The molecule has 1 aromatic rings. The van der Waals surface area contributed by atoms with Gasteiger partial charge in [0, 0.05) is 13.6 Å². The first kappa shape index (κ1) is 10.8. The smallest absolute Gasteiger partial charge is 0.276 e. The van der Waals surface area contributed by atoms with Gasteiger partial charge in [-0.25, -0.2) is 9.79 Å². The standard InChI is InChI=1S/C10H14N4O2/c1-6(2)4-14-8-7(11-5-12-8)9(15)13(3)10(14)16/h6H,4-5H2,1-3H3. The molecule has 1 aliphatic rings. The zero-order valence-electron chi connectivity index (χ0n) is 9.60. The van der Waals surface area contributed by atoms with Gasteiger partial charge in [-0.3, -0.25) is 18.9 Å². The van der Waals surface area contributed by atoms with E-state index >= 15 is 0 Å². The molecule has 0 fully saturated rings. The predicted octanol–water partition coefficient (Wildman–Crippen LogP) is -1.59. The third kappa shape index (κ3) is 1.50. The molecule has 1 aromatic heterocycles. The minimum Gasteiger partial charge on any atom is -0.276 e. The lowest BCUT2D eigenvalue weighted by Crippen LogP contribution is -2.57. The van der Waals surface area contributed by atoms with Gasteiger partial charge in [0.15, 0.2) is 10.8 Å². The molecule has 0 N–H and O–H groups in total. The molecule has 86 valence electrons. The Morgan fingerprint density at radius 1 is 1.31 bits per heavy atom. The Hall–Kier alpha value is -1.72. The quantitative estimate of drug-likeness (QED) is 0.605. The molecular formula is C10H14N4O2. The second kappa shape index (κ2) is 3.70. The maximum atomic E-state index is 11.9. The maximum absolute atomic E-state index is 11.9. The molecule has 2 heterocycles. The van der Waals surface area contributed by atoms with Crippen LogP contribution in [0, 0.1) is 5.92 Å². The second-order valence-electron chi connectivity index (χ2n) is 4.28. The van der Waals surface area contributed by atoms with Crippen LogP contribution in [0.1, 0.15) is 13.8 Å². The highest BCUT2D eigenvalue weighted by molar-refractivity contribution is 4.90. The molecule has 1 aliphatic heterocycles. The number of fused-ring (bicyclic) bond motifs is 1. The van der Waals surface area contributed by atoms with Crippen LogP contribution >= 0.6 is 0 Å². The van der Waals surface area contributed by atoms with Crippen LogP contribution in [0.4, 0.5) is 0 Å². The number of nitrogens with zero attached hydrogens (tertiary/aromatic N) is 4. The summed E-state index contributed by atoms with van der Waals surface area (Å²) in [6.07, 6.45) is 0. The average Bonchev–Trinajstić information content (AvgIpc) is 2.69. The van der Waals surface area contributed by atoms with Gasteiger partial charge in [-0.2, -0.15) is 0 Å². The molecule has 0 radical (unpaired) electrons. The predicted molar refractivity (Wildman–Crippen MR) is 58.0 cm³/mol. The van der Waals surface area contributed by atoms with Crippen molar-refractivity contribution in [2.75, 3.05) is 6.67 Å². The molecule has 16 heavy (non-hydrogen) atoms. The summed E-state index contributed by atoms with van der Waals surface area (Å²) in [7, 11) is 1.47. The fraction of sp³-hybridized carbons (Fsp3) is 0.600. The van der Waals surface area contributed by atoms with Gasteiger partial charge in [-0.05, 0) is 5.92 Å². The second-order valence-corrected chi connectivity index (χ2v) is 4.28. The molecule has 6 heteroatoms. The summed E-state index contributed by atoms with van der Waals surface area (Å²) in [6.45, 7) is 4.81. The van der Waals surface area contributed by atoms with E-state index in [0.717, 1.165) is 4.57 Å². The summed E-state index contributed by atoms with van der Waals surface area (Å²) in [5.74, 6) is 0.315. The molecular weight excluding hydrogens is 208 g/mol. The third-order valence-electron chi connectivity index (χ3n) is 2.49. The van der Waals surface area contributed by atoms with Crippen molar-refractivity contribution in [3.8, 4) is 0 Å². The van der Waals surface area contributed by atoms with Crippen LogP contribution in [0.25, 0.3) is 0 Å². The summed E-state index contributed by atoms with van der Waals surface area (Å²) in [5.41, 5.74) is -0.249. The highest BCUT2D eigenvalue weighted by Gasteiger charge is 2.12. The lowest BCUT2D eigenvalue weighted by molar-refractivity contribution is 0.469. The number of hydrogen-bond donors (Lipinski definition) is 0. The van der Waals surface area contributed by atoms with E-state index in [9.17, 15) is 9.59 Å². The van der Waals surface area contributed by atoms with Crippen molar-refractivity contribution < 1.29 is 0 Å². The van der Waals surface area contributed by atoms with E-state index < -0.39 is 0 Å². The normalized spacial score (nSPS) is 13.5. The molecule has 0 amide bonds. The Morgan fingerprint density at radius 3 is 2.62 bits per heavy atom. The van der Waals surface area contributed by atoms with Crippen molar-refractivity contribution >= 4 is 0 Å². The van der Waals surface area contributed by atoms with Crippen molar-refractivity contribution in [2.24, 2.45) is 23.0 Å². The van der Waals surface area contributed by atoms with Gasteiger partial charge in [0.25, 0.3) is 5.56 Å². The molecule has 0 aliphatic carbocycles. The highest BCUT2D eigenvalue weighted by Crippen LogP contribution is 1.92. The first-order valence-corrected chi connectivity index (χ1v) is 5.21. The summed E-state index contributed by atoms with van der Waals surface area (Å²) in [5, 5.41) is 0.308. The highest BCUT2D eigenvalue weighted by atomic mass is 16.2. The first-order valence-electron chi connectivity index (χ1n) is 5.21. The summed E-state index contributed by atoms with van der Waals surface area (Å²) >= 11 is 0. The topological polar surface area (TPSA) is 68.7 Å². The van der Waals surface area contributed by atoms with Crippen LogP contribution in [0.15, 0.2) is 19.6 Å². The van der Waals surface area contributed by atoms with Crippen molar-refractivity contribution in [2.45, 2.75) is 20.4 Å². The van der Waals surface area contributed by atoms with Crippen LogP contribution in [-0.2, 0) is 13.6 Å².